The number of likely N-dealkylation sites (N-methyl/N-ethyl adjacent to an activating group) is 1. The minimum atomic E-state index is -4.52. The molecule has 1 aromatic heterocycles. The van der Waals surface area contributed by atoms with Crippen LogP contribution in [0.4, 0.5) is 13.2 Å². The van der Waals surface area contributed by atoms with E-state index in [-0.39, 0.29) is 6.54 Å². The van der Waals surface area contributed by atoms with Crippen LogP contribution in [0.5, 0.6) is 0 Å². The van der Waals surface area contributed by atoms with Gasteiger partial charge in [0, 0.05) is 6.20 Å². The molecule has 0 saturated heterocycles. The van der Waals surface area contributed by atoms with Gasteiger partial charge in [0.15, 0.2) is 5.69 Å². The summed E-state index contributed by atoms with van der Waals surface area (Å²) in [4.78, 5) is 11.1. The van der Waals surface area contributed by atoms with E-state index in [1.54, 1.807) is 6.92 Å². The van der Waals surface area contributed by atoms with Crippen molar-refractivity contribution in [2.75, 3.05) is 6.54 Å². The van der Waals surface area contributed by atoms with Crippen LogP contribution < -0.4 is 5.32 Å². The van der Waals surface area contributed by atoms with Crippen LogP contribution in [0.1, 0.15) is 19.5 Å². The van der Waals surface area contributed by atoms with Gasteiger partial charge < -0.3 is 10.4 Å². The smallest absolute Gasteiger partial charge is 0.435 e. The minimum Gasteiger partial charge on any atom is -0.480 e. The van der Waals surface area contributed by atoms with Crippen molar-refractivity contribution in [3.05, 3.63) is 18.0 Å². The molecule has 0 spiro atoms. The second-order valence-electron chi connectivity index (χ2n) is 4.06. The summed E-state index contributed by atoms with van der Waals surface area (Å²) in [7, 11) is 0. The molecule has 0 aliphatic heterocycles. The zero-order chi connectivity index (χ0) is 14.0. The van der Waals surface area contributed by atoms with Crippen molar-refractivity contribution in [1.29, 1.82) is 0 Å². The van der Waals surface area contributed by atoms with Crippen molar-refractivity contribution < 1.29 is 23.1 Å². The van der Waals surface area contributed by atoms with Crippen molar-refractivity contribution in [1.82, 2.24) is 15.1 Å². The van der Waals surface area contributed by atoms with E-state index in [1.807, 2.05) is 0 Å². The van der Waals surface area contributed by atoms with Crippen LogP contribution in [-0.4, -0.2) is 32.9 Å². The number of nitrogens with one attached hydrogen (secondary N) is 1. The topological polar surface area (TPSA) is 67.2 Å². The van der Waals surface area contributed by atoms with Crippen LogP contribution in [0.3, 0.4) is 0 Å². The number of rotatable bonds is 5. The van der Waals surface area contributed by atoms with Crippen molar-refractivity contribution in [2.24, 2.45) is 0 Å². The zero-order valence-electron chi connectivity index (χ0n) is 9.95. The number of carbonyl (C=O) groups is 1. The molecule has 0 amide bonds. The average molecular weight is 265 g/mol. The lowest BCUT2D eigenvalue weighted by Crippen LogP contribution is -2.52. The minimum absolute atomic E-state index is 0.188. The van der Waals surface area contributed by atoms with Gasteiger partial charge in [0.05, 0.1) is 6.54 Å². The Balaban J connectivity index is 2.89. The molecule has 1 heterocycles. The van der Waals surface area contributed by atoms with Gasteiger partial charge in [-0.1, -0.05) is 6.92 Å². The van der Waals surface area contributed by atoms with E-state index in [4.69, 9.17) is 5.11 Å². The van der Waals surface area contributed by atoms with Gasteiger partial charge in [-0.25, -0.2) is 0 Å². The quantitative estimate of drug-likeness (QED) is 0.843. The van der Waals surface area contributed by atoms with Crippen LogP contribution in [0.15, 0.2) is 12.3 Å². The number of hydrogen-bond donors (Lipinski definition) is 2. The Morgan fingerprint density at radius 1 is 1.56 bits per heavy atom. The molecule has 1 atom stereocenters. The molecular formula is C10H14F3N3O2. The molecular weight excluding hydrogens is 251 g/mol. The monoisotopic (exact) mass is 265 g/mol. The van der Waals surface area contributed by atoms with E-state index in [2.05, 4.69) is 10.4 Å². The third kappa shape index (κ3) is 3.22. The molecule has 0 aliphatic rings. The Morgan fingerprint density at radius 2 is 2.17 bits per heavy atom. The lowest BCUT2D eigenvalue weighted by Gasteiger charge is -2.25. The summed E-state index contributed by atoms with van der Waals surface area (Å²) in [5, 5.41) is 15.1. The van der Waals surface area contributed by atoms with Crippen LogP contribution in [0, 0.1) is 0 Å². The standard InChI is InChI=1S/C10H14F3N3O2/c1-3-14-9(2,8(17)18)6-16-5-4-7(15-16)10(11,12)13/h4-5,14H,3,6H2,1-2H3,(H,17,18). The number of halogens is 3. The molecule has 0 saturated carbocycles. The second-order valence-corrected chi connectivity index (χ2v) is 4.06. The maximum Gasteiger partial charge on any atom is 0.435 e. The Kier molecular flexibility index (Phi) is 4.00. The highest BCUT2D eigenvalue weighted by molar-refractivity contribution is 5.78. The molecule has 0 fully saturated rings. The van der Waals surface area contributed by atoms with Crippen molar-refractivity contribution >= 4 is 5.97 Å². The zero-order valence-corrected chi connectivity index (χ0v) is 9.95. The summed E-state index contributed by atoms with van der Waals surface area (Å²) in [5.41, 5.74) is -2.39. The Labute approximate surface area is 102 Å². The largest absolute Gasteiger partial charge is 0.480 e. The normalized spacial score (nSPS) is 15.4. The first-order chi connectivity index (χ1) is 8.19. The van der Waals surface area contributed by atoms with Gasteiger partial charge in [-0.15, -0.1) is 0 Å². The SMILES string of the molecule is CCNC(C)(Cn1ccc(C(F)(F)F)n1)C(=O)O. The highest BCUT2D eigenvalue weighted by Gasteiger charge is 2.36. The lowest BCUT2D eigenvalue weighted by molar-refractivity contribution is -0.145. The van der Waals surface area contributed by atoms with Gasteiger partial charge in [0.25, 0.3) is 0 Å². The predicted octanol–water partition coefficient (Wildman–Crippen LogP) is 1.35. The predicted molar refractivity (Wildman–Crippen MR) is 56.9 cm³/mol. The molecule has 8 heteroatoms. The van der Waals surface area contributed by atoms with Crippen LogP contribution in [-0.2, 0) is 17.5 Å². The number of hydrogen-bond acceptors (Lipinski definition) is 3. The van der Waals surface area contributed by atoms with E-state index in [1.165, 1.54) is 6.92 Å². The Hall–Kier alpha value is -1.57. The molecule has 0 aromatic carbocycles. The van der Waals surface area contributed by atoms with Crippen molar-refractivity contribution in [2.45, 2.75) is 32.1 Å². The first-order valence-corrected chi connectivity index (χ1v) is 5.28. The third-order valence-corrected chi connectivity index (χ3v) is 2.45. The molecule has 1 rings (SSSR count). The lowest BCUT2D eigenvalue weighted by atomic mass is 10.0. The average Bonchev–Trinajstić information content (AvgIpc) is 2.65. The van der Waals surface area contributed by atoms with E-state index in [9.17, 15) is 18.0 Å². The Morgan fingerprint density at radius 3 is 2.56 bits per heavy atom. The summed E-state index contributed by atoms with van der Waals surface area (Å²) < 4.78 is 38.0. The Bertz CT molecular complexity index is 430. The van der Waals surface area contributed by atoms with Crippen molar-refractivity contribution in [3.8, 4) is 0 Å². The maximum atomic E-state index is 12.3. The fourth-order valence-electron chi connectivity index (χ4n) is 1.51. The number of carboxylic acid groups (broad SMARTS) is 1. The van der Waals surface area contributed by atoms with E-state index >= 15 is 0 Å². The molecule has 5 nitrogen and oxygen atoms in total. The molecule has 1 aromatic rings. The van der Waals surface area contributed by atoms with E-state index in [0.717, 1.165) is 16.9 Å². The second kappa shape index (κ2) is 4.97. The van der Waals surface area contributed by atoms with Crippen LogP contribution >= 0.6 is 0 Å². The third-order valence-electron chi connectivity index (χ3n) is 2.45. The fraction of sp³-hybridized carbons (Fsp3) is 0.600. The number of aliphatic carboxylic acids is 1. The van der Waals surface area contributed by atoms with Gasteiger partial charge in [-0.3, -0.25) is 9.48 Å². The first-order valence-electron chi connectivity index (χ1n) is 5.28. The molecule has 0 bridgehead atoms. The summed E-state index contributed by atoms with van der Waals surface area (Å²) in [6, 6.07) is 0.814. The molecule has 18 heavy (non-hydrogen) atoms. The summed E-state index contributed by atoms with van der Waals surface area (Å²) >= 11 is 0. The van der Waals surface area contributed by atoms with Gasteiger partial charge in [0.1, 0.15) is 5.54 Å². The molecule has 0 radical (unpaired) electrons. The molecule has 1 unspecified atom stereocenters. The highest BCUT2D eigenvalue weighted by atomic mass is 19.4. The van der Waals surface area contributed by atoms with Gasteiger partial charge in [-0.05, 0) is 19.5 Å². The van der Waals surface area contributed by atoms with Gasteiger partial charge in [-0.2, -0.15) is 18.3 Å². The molecule has 0 aliphatic carbocycles. The van der Waals surface area contributed by atoms with Gasteiger partial charge in [0.2, 0.25) is 0 Å². The molecule has 2 N–H and O–H groups in total. The van der Waals surface area contributed by atoms with Crippen LogP contribution in [0.2, 0.25) is 0 Å². The van der Waals surface area contributed by atoms with Crippen LogP contribution in [0.25, 0.3) is 0 Å². The highest BCUT2D eigenvalue weighted by Crippen LogP contribution is 2.27. The number of carboxylic acids is 1. The fourth-order valence-corrected chi connectivity index (χ4v) is 1.51. The summed E-state index contributed by atoms with van der Waals surface area (Å²) in [6.45, 7) is 3.31. The summed E-state index contributed by atoms with van der Waals surface area (Å²) in [5.74, 6) is -1.14. The van der Waals surface area contributed by atoms with E-state index in [0.29, 0.717) is 6.54 Å². The molecule has 102 valence electrons. The summed E-state index contributed by atoms with van der Waals surface area (Å²) in [6.07, 6.45) is -3.41. The van der Waals surface area contributed by atoms with Crippen molar-refractivity contribution in [3.63, 3.8) is 0 Å². The number of aromatic nitrogens is 2. The maximum absolute atomic E-state index is 12.3. The van der Waals surface area contributed by atoms with E-state index < -0.39 is 23.4 Å². The first kappa shape index (κ1) is 14.5. The number of alkyl halides is 3. The number of nitrogens with zero attached hydrogens (tertiary/aromatic N) is 2. The van der Waals surface area contributed by atoms with Gasteiger partial charge >= 0.3 is 12.1 Å².